The number of aromatic nitrogens is 1. The van der Waals surface area contributed by atoms with E-state index in [0.29, 0.717) is 10.8 Å². The summed E-state index contributed by atoms with van der Waals surface area (Å²) in [5, 5.41) is 0.646. The van der Waals surface area contributed by atoms with Crippen molar-refractivity contribution in [3.8, 4) is 5.75 Å². The average Bonchev–Trinajstić information content (AvgIpc) is 2.36. The first-order valence-electron chi connectivity index (χ1n) is 6.29. The highest BCUT2D eigenvalue weighted by atomic mass is 79.9. The maximum absolute atomic E-state index is 6.28. The Morgan fingerprint density at radius 3 is 2.55 bits per heavy atom. The number of hydrogen-bond acceptors (Lipinski definition) is 3. The van der Waals surface area contributed by atoms with E-state index >= 15 is 0 Å². The molecule has 0 saturated heterocycles. The molecule has 1 unspecified atom stereocenters. The standard InChI is InChI=1S/C15H16BrClN2O/c1-9(2)20-14-5-11(7-19-8-14)15(18)10-3-12(16)6-13(17)4-10/h3-9,15H,18H2,1-2H3. The summed E-state index contributed by atoms with van der Waals surface area (Å²) in [5.74, 6) is 0.717. The van der Waals surface area contributed by atoms with Gasteiger partial charge in [0.1, 0.15) is 5.75 Å². The van der Waals surface area contributed by atoms with Crippen LogP contribution >= 0.6 is 27.5 Å². The molecule has 5 heteroatoms. The Morgan fingerprint density at radius 1 is 1.15 bits per heavy atom. The highest BCUT2D eigenvalue weighted by Gasteiger charge is 2.12. The zero-order valence-electron chi connectivity index (χ0n) is 11.3. The number of benzene rings is 1. The number of nitrogens with two attached hydrogens (primary N) is 1. The topological polar surface area (TPSA) is 48.1 Å². The molecule has 1 aromatic carbocycles. The molecule has 0 spiro atoms. The van der Waals surface area contributed by atoms with Crippen molar-refractivity contribution in [2.45, 2.75) is 26.0 Å². The molecule has 2 aromatic rings. The summed E-state index contributed by atoms with van der Waals surface area (Å²) < 4.78 is 6.54. The molecule has 0 bridgehead atoms. The van der Waals surface area contributed by atoms with Crippen LogP contribution in [0.15, 0.2) is 41.1 Å². The molecule has 0 aliphatic carbocycles. The Hall–Kier alpha value is -1.10. The number of hydrogen-bond donors (Lipinski definition) is 1. The molecule has 0 aliphatic heterocycles. The number of nitrogens with zero attached hydrogens (tertiary/aromatic N) is 1. The Bertz CT molecular complexity index is 584. The molecule has 0 radical (unpaired) electrons. The quantitative estimate of drug-likeness (QED) is 0.888. The van der Waals surface area contributed by atoms with E-state index in [1.165, 1.54) is 0 Å². The van der Waals surface area contributed by atoms with Gasteiger partial charge in [-0.25, -0.2) is 0 Å². The van der Waals surface area contributed by atoms with Gasteiger partial charge in [0.05, 0.1) is 18.3 Å². The molecule has 3 nitrogen and oxygen atoms in total. The second kappa shape index (κ2) is 6.57. The Labute approximate surface area is 132 Å². The van der Waals surface area contributed by atoms with Crippen LogP contribution in [0.5, 0.6) is 5.75 Å². The van der Waals surface area contributed by atoms with E-state index in [1.807, 2.05) is 38.1 Å². The van der Waals surface area contributed by atoms with Crippen molar-refractivity contribution in [3.05, 3.63) is 57.3 Å². The van der Waals surface area contributed by atoms with Crippen molar-refractivity contribution >= 4 is 27.5 Å². The van der Waals surface area contributed by atoms with Crippen molar-refractivity contribution in [2.75, 3.05) is 0 Å². The first-order chi connectivity index (χ1) is 9.45. The molecular weight excluding hydrogens is 340 g/mol. The molecule has 0 amide bonds. The zero-order chi connectivity index (χ0) is 14.7. The van der Waals surface area contributed by atoms with E-state index in [2.05, 4.69) is 20.9 Å². The number of halogens is 2. The van der Waals surface area contributed by atoms with Crippen LogP contribution in [0.3, 0.4) is 0 Å². The Kier molecular flexibility index (Phi) is 5.02. The van der Waals surface area contributed by atoms with Crippen LogP contribution in [-0.2, 0) is 0 Å². The number of ether oxygens (including phenoxy) is 1. The zero-order valence-corrected chi connectivity index (χ0v) is 13.6. The van der Waals surface area contributed by atoms with Crippen molar-refractivity contribution in [1.29, 1.82) is 0 Å². The smallest absolute Gasteiger partial charge is 0.138 e. The molecule has 0 saturated carbocycles. The van der Waals surface area contributed by atoms with Crippen LogP contribution in [0.1, 0.15) is 31.0 Å². The van der Waals surface area contributed by atoms with Gasteiger partial charge in [-0.15, -0.1) is 0 Å². The lowest BCUT2D eigenvalue weighted by atomic mass is 10.0. The van der Waals surface area contributed by atoms with E-state index in [0.717, 1.165) is 15.6 Å². The Balaban J connectivity index is 2.30. The van der Waals surface area contributed by atoms with Gasteiger partial charge in [0, 0.05) is 15.7 Å². The monoisotopic (exact) mass is 354 g/mol. The number of pyridine rings is 1. The van der Waals surface area contributed by atoms with E-state index in [9.17, 15) is 0 Å². The van der Waals surface area contributed by atoms with Gasteiger partial charge in [-0.2, -0.15) is 0 Å². The molecule has 1 heterocycles. The van der Waals surface area contributed by atoms with Gasteiger partial charge in [-0.3, -0.25) is 4.98 Å². The van der Waals surface area contributed by atoms with Crippen LogP contribution in [0.2, 0.25) is 5.02 Å². The van der Waals surface area contributed by atoms with Crippen LogP contribution < -0.4 is 10.5 Å². The highest BCUT2D eigenvalue weighted by molar-refractivity contribution is 9.10. The normalized spacial score (nSPS) is 12.5. The first kappa shape index (κ1) is 15.3. The second-order valence-corrected chi connectivity index (χ2v) is 6.15. The average molecular weight is 356 g/mol. The highest BCUT2D eigenvalue weighted by Crippen LogP contribution is 2.27. The lowest BCUT2D eigenvalue weighted by Crippen LogP contribution is -2.13. The largest absolute Gasteiger partial charge is 0.489 e. The van der Waals surface area contributed by atoms with Gasteiger partial charge in [-0.05, 0) is 49.2 Å². The summed E-state index contributed by atoms with van der Waals surface area (Å²) in [5.41, 5.74) is 8.09. The summed E-state index contributed by atoms with van der Waals surface area (Å²) in [6.07, 6.45) is 3.53. The lowest BCUT2D eigenvalue weighted by molar-refractivity contribution is 0.241. The molecular formula is C15H16BrClN2O. The molecule has 2 N–H and O–H groups in total. The summed E-state index contributed by atoms with van der Waals surface area (Å²) in [6.45, 7) is 3.95. The fourth-order valence-electron chi connectivity index (χ4n) is 1.89. The van der Waals surface area contributed by atoms with Crippen molar-refractivity contribution in [1.82, 2.24) is 4.98 Å². The summed E-state index contributed by atoms with van der Waals surface area (Å²) >= 11 is 9.48. The van der Waals surface area contributed by atoms with Crippen LogP contribution in [0, 0.1) is 0 Å². The maximum Gasteiger partial charge on any atom is 0.138 e. The summed E-state index contributed by atoms with van der Waals surface area (Å²) in [6, 6.07) is 7.24. The minimum Gasteiger partial charge on any atom is -0.489 e. The second-order valence-electron chi connectivity index (χ2n) is 4.80. The van der Waals surface area contributed by atoms with E-state index < -0.39 is 0 Å². The van der Waals surface area contributed by atoms with Gasteiger partial charge in [-0.1, -0.05) is 27.5 Å². The van der Waals surface area contributed by atoms with Gasteiger partial charge >= 0.3 is 0 Å². The number of rotatable bonds is 4. The van der Waals surface area contributed by atoms with Gasteiger partial charge < -0.3 is 10.5 Å². The molecule has 1 aromatic heterocycles. The van der Waals surface area contributed by atoms with Gasteiger partial charge in [0.25, 0.3) is 0 Å². The van der Waals surface area contributed by atoms with Crippen molar-refractivity contribution in [3.63, 3.8) is 0 Å². The summed E-state index contributed by atoms with van der Waals surface area (Å²) in [4.78, 5) is 4.18. The van der Waals surface area contributed by atoms with Crippen molar-refractivity contribution < 1.29 is 4.74 Å². The third kappa shape index (κ3) is 3.95. The fraction of sp³-hybridized carbons (Fsp3) is 0.267. The predicted molar refractivity (Wildman–Crippen MR) is 85.2 cm³/mol. The Morgan fingerprint density at radius 2 is 1.90 bits per heavy atom. The van der Waals surface area contributed by atoms with Gasteiger partial charge in [0.2, 0.25) is 0 Å². The molecule has 2 rings (SSSR count). The maximum atomic E-state index is 6.28. The predicted octanol–water partition coefficient (Wildman–Crippen LogP) is 4.33. The minimum absolute atomic E-state index is 0.101. The van der Waals surface area contributed by atoms with Crippen molar-refractivity contribution in [2.24, 2.45) is 5.73 Å². The fourth-order valence-corrected chi connectivity index (χ4v) is 2.78. The summed E-state index contributed by atoms with van der Waals surface area (Å²) in [7, 11) is 0. The lowest BCUT2D eigenvalue weighted by Gasteiger charge is -2.15. The third-order valence-electron chi connectivity index (χ3n) is 2.71. The minimum atomic E-state index is -0.298. The third-order valence-corrected chi connectivity index (χ3v) is 3.39. The molecule has 1 atom stereocenters. The molecule has 0 aliphatic rings. The molecule has 106 valence electrons. The molecule has 20 heavy (non-hydrogen) atoms. The van der Waals surface area contributed by atoms with Crippen LogP contribution in [0.4, 0.5) is 0 Å². The van der Waals surface area contributed by atoms with Crippen LogP contribution in [-0.4, -0.2) is 11.1 Å². The van der Waals surface area contributed by atoms with E-state index in [4.69, 9.17) is 22.1 Å². The molecule has 0 fully saturated rings. The van der Waals surface area contributed by atoms with Crippen LogP contribution in [0.25, 0.3) is 0 Å². The first-order valence-corrected chi connectivity index (χ1v) is 7.46. The van der Waals surface area contributed by atoms with E-state index in [-0.39, 0.29) is 12.1 Å². The van der Waals surface area contributed by atoms with Gasteiger partial charge in [0.15, 0.2) is 0 Å². The SMILES string of the molecule is CC(C)Oc1cncc(C(N)c2cc(Cl)cc(Br)c2)c1. The van der Waals surface area contributed by atoms with E-state index in [1.54, 1.807) is 12.4 Å².